The van der Waals surface area contributed by atoms with Crippen molar-refractivity contribution in [1.29, 1.82) is 0 Å². The van der Waals surface area contributed by atoms with E-state index >= 15 is 0 Å². The molecule has 0 atom stereocenters. The Bertz CT molecular complexity index is 493. The van der Waals surface area contributed by atoms with E-state index in [4.69, 9.17) is 5.11 Å². The maximum atomic E-state index is 10.7. The molecule has 0 fully saturated rings. The van der Waals surface area contributed by atoms with E-state index in [1.807, 2.05) is 0 Å². The van der Waals surface area contributed by atoms with Gasteiger partial charge in [-0.2, -0.15) is 0 Å². The second-order valence-corrected chi connectivity index (χ2v) is 2.86. The van der Waals surface area contributed by atoms with Gasteiger partial charge in [0, 0.05) is 6.07 Å². The van der Waals surface area contributed by atoms with Gasteiger partial charge in [-0.05, 0) is 6.07 Å². The Kier molecular flexibility index (Phi) is 3.51. The van der Waals surface area contributed by atoms with E-state index in [2.05, 4.69) is 11.8 Å². The lowest BCUT2D eigenvalue weighted by Gasteiger charge is -2.02. The Hall–Kier alpha value is -2.48. The molecule has 0 unspecified atom stereocenters. The minimum Gasteiger partial charge on any atom is -0.507 e. The van der Waals surface area contributed by atoms with E-state index in [0.29, 0.717) is 6.29 Å². The molecular formula is C11H8O5. The van der Waals surface area contributed by atoms with Gasteiger partial charge >= 0.3 is 5.97 Å². The number of aromatic carboxylic acids is 1. The first kappa shape index (κ1) is 11.6. The molecule has 0 spiro atoms. The number of benzene rings is 1. The predicted molar refractivity (Wildman–Crippen MR) is 54.3 cm³/mol. The van der Waals surface area contributed by atoms with E-state index in [-0.39, 0.29) is 23.3 Å². The van der Waals surface area contributed by atoms with E-state index in [1.165, 1.54) is 0 Å². The number of phenols is 2. The molecule has 0 saturated heterocycles. The van der Waals surface area contributed by atoms with Crippen molar-refractivity contribution in [2.75, 3.05) is 0 Å². The first-order valence-corrected chi connectivity index (χ1v) is 4.28. The number of carboxylic acids is 1. The Morgan fingerprint density at radius 3 is 2.56 bits per heavy atom. The third kappa shape index (κ3) is 2.51. The number of hydrogen-bond donors (Lipinski definition) is 3. The Balaban J connectivity index is 3.21. The number of hydrogen-bond acceptors (Lipinski definition) is 4. The number of carboxylic acid groups (broad SMARTS) is 1. The number of rotatable bonds is 2. The monoisotopic (exact) mass is 220 g/mol. The van der Waals surface area contributed by atoms with Crippen LogP contribution < -0.4 is 0 Å². The summed E-state index contributed by atoms with van der Waals surface area (Å²) < 4.78 is 0. The lowest BCUT2D eigenvalue weighted by Crippen LogP contribution is -1.97. The number of carbonyl (C=O) groups is 2. The molecule has 3 N–H and O–H groups in total. The summed E-state index contributed by atoms with van der Waals surface area (Å²) in [4.78, 5) is 20.7. The zero-order valence-electron chi connectivity index (χ0n) is 8.10. The summed E-state index contributed by atoms with van der Waals surface area (Å²) in [6.45, 7) is 0. The smallest absolute Gasteiger partial charge is 0.339 e. The normalized spacial score (nSPS) is 9.00. The van der Waals surface area contributed by atoms with Gasteiger partial charge in [-0.25, -0.2) is 4.79 Å². The first-order valence-electron chi connectivity index (χ1n) is 4.28. The predicted octanol–water partition coefficient (Wildman–Crippen LogP) is 0.736. The summed E-state index contributed by atoms with van der Waals surface area (Å²) >= 11 is 0. The van der Waals surface area contributed by atoms with Crippen molar-refractivity contribution >= 4 is 12.3 Å². The summed E-state index contributed by atoms with van der Waals surface area (Å²) in [7, 11) is 0. The van der Waals surface area contributed by atoms with Crippen LogP contribution in [0, 0.1) is 11.8 Å². The molecule has 0 bridgehead atoms. The highest BCUT2D eigenvalue weighted by molar-refractivity contribution is 5.91. The van der Waals surface area contributed by atoms with Crippen molar-refractivity contribution in [2.45, 2.75) is 6.42 Å². The van der Waals surface area contributed by atoms with Crippen molar-refractivity contribution < 1.29 is 24.9 Å². The molecule has 1 rings (SSSR count). The van der Waals surface area contributed by atoms with Gasteiger partial charge in [0.2, 0.25) is 0 Å². The number of phenolic OH excluding ortho intramolecular Hbond substituents is 1. The SMILES string of the molecule is O=CCC#Cc1cc(C(=O)O)c(O)cc1O. The largest absolute Gasteiger partial charge is 0.507 e. The van der Waals surface area contributed by atoms with Gasteiger partial charge in [0.05, 0.1) is 12.0 Å². The summed E-state index contributed by atoms with van der Waals surface area (Å²) in [5.74, 6) is 2.66. The van der Waals surface area contributed by atoms with Crippen molar-refractivity contribution in [2.24, 2.45) is 0 Å². The lowest BCUT2D eigenvalue weighted by molar-refractivity contribution is -0.107. The molecule has 0 saturated carbocycles. The molecule has 0 heterocycles. The standard InChI is InChI=1S/C11H8O5/c12-4-2-1-3-7-5-8(11(15)16)10(14)6-9(7)13/h4-6,13-14H,2H2,(H,15,16). The van der Waals surface area contributed by atoms with Crippen LogP contribution in [-0.2, 0) is 4.79 Å². The van der Waals surface area contributed by atoms with Crippen LogP contribution in [0.5, 0.6) is 11.5 Å². The van der Waals surface area contributed by atoms with Crippen LogP contribution >= 0.6 is 0 Å². The van der Waals surface area contributed by atoms with Crippen molar-refractivity contribution in [1.82, 2.24) is 0 Å². The Morgan fingerprint density at radius 2 is 2.00 bits per heavy atom. The van der Waals surface area contributed by atoms with Gasteiger partial charge in [0.15, 0.2) is 0 Å². The van der Waals surface area contributed by atoms with Crippen molar-refractivity contribution in [3.63, 3.8) is 0 Å². The molecule has 0 aliphatic heterocycles. The number of aromatic hydroxyl groups is 2. The van der Waals surface area contributed by atoms with Gasteiger partial charge in [-0.15, -0.1) is 0 Å². The average molecular weight is 220 g/mol. The zero-order valence-corrected chi connectivity index (χ0v) is 8.10. The minimum absolute atomic E-state index is 0.0112. The average Bonchev–Trinajstić information content (AvgIpc) is 2.21. The third-order valence-corrected chi connectivity index (χ3v) is 1.75. The second kappa shape index (κ2) is 4.84. The Labute approximate surface area is 91.0 Å². The maximum absolute atomic E-state index is 10.7. The fourth-order valence-electron chi connectivity index (χ4n) is 1.04. The zero-order chi connectivity index (χ0) is 12.1. The quantitative estimate of drug-likeness (QED) is 0.504. The fourth-order valence-corrected chi connectivity index (χ4v) is 1.04. The topological polar surface area (TPSA) is 94.8 Å². The van der Waals surface area contributed by atoms with Crippen LogP contribution in [0.2, 0.25) is 0 Å². The molecule has 0 radical (unpaired) electrons. The molecule has 16 heavy (non-hydrogen) atoms. The van der Waals surface area contributed by atoms with Crippen LogP contribution in [0.25, 0.3) is 0 Å². The summed E-state index contributed by atoms with van der Waals surface area (Å²) in [6.07, 6.45) is 0.575. The summed E-state index contributed by atoms with van der Waals surface area (Å²) in [5.41, 5.74) is -0.301. The van der Waals surface area contributed by atoms with Crippen LogP contribution in [0.3, 0.4) is 0 Å². The molecule has 0 aliphatic carbocycles. The molecule has 1 aromatic carbocycles. The molecule has 0 aliphatic rings. The lowest BCUT2D eigenvalue weighted by atomic mass is 10.1. The highest BCUT2D eigenvalue weighted by atomic mass is 16.4. The van der Waals surface area contributed by atoms with Crippen LogP contribution in [0.1, 0.15) is 22.3 Å². The van der Waals surface area contributed by atoms with Gasteiger partial charge in [-0.1, -0.05) is 11.8 Å². The second-order valence-electron chi connectivity index (χ2n) is 2.86. The van der Waals surface area contributed by atoms with E-state index in [9.17, 15) is 19.8 Å². The van der Waals surface area contributed by atoms with Crippen molar-refractivity contribution in [3.8, 4) is 23.3 Å². The summed E-state index contributed by atoms with van der Waals surface area (Å²) in [5, 5.41) is 27.3. The van der Waals surface area contributed by atoms with E-state index in [1.54, 1.807) is 0 Å². The first-order chi connectivity index (χ1) is 7.56. The highest BCUT2D eigenvalue weighted by Gasteiger charge is 2.12. The molecule has 82 valence electrons. The van der Waals surface area contributed by atoms with Crippen molar-refractivity contribution in [3.05, 3.63) is 23.3 Å². The van der Waals surface area contributed by atoms with Gasteiger partial charge < -0.3 is 20.1 Å². The molecule has 1 aromatic rings. The van der Waals surface area contributed by atoms with Crippen LogP contribution in [-0.4, -0.2) is 27.6 Å². The minimum atomic E-state index is -1.32. The molecule has 0 aromatic heterocycles. The molecular weight excluding hydrogens is 212 g/mol. The van der Waals surface area contributed by atoms with Crippen LogP contribution in [0.4, 0.5) is 0 Å². The molecule has 5 nitrogen and oxygen atoms in total. The number of carbonyl (C=O) groups excluding carboxylic acids is 1. The van der Waals surface area contributed by atoms with Gasteiger partial charge in [-0.3, -0.25) is 0 Å². The number of aldehydes is 1. The van der Waals surface area contributed by atoms with E-state index in [0.717, 1.165) is 12.1 Å². The maximum Gasteiger partial charge on any atom is 0.339 e. The summed E-state index contributed by atoms with van der Waals surface area (Å²) in [6, 6.07) is 1.94. The van der Waals surface area contributed by atoms with Gasteiger partial charge in [0.1, 0.15) is 23.3 Å². The third-order valence-electron chi connectivity index (χ3n) is 1.75. The molecule has 0 amide bonds. The highest BCUT2D eigenvalue weighted by Crippen LogP contribution is 2.26. The van der Waals surface area contributed by atoms with E-state index < -0.39 is 11.7 Å². The van der Waals surface area contributed by atoms with Gasteiger partial charge in [0.25, 0.3) is 0 Å². The molecule has 5 heteroatoms. The fraction of sp³-hybridized carbons (Fsp3) is 0.0909. The Morgan fingerprint density at radius 1 is 1.31 bits per heavy atom. The van der Waals surface area contributed by atoms with Crippen LogP contribution in [0.15, 0.2) is 12.1 Å².